The minimum atomic E-state index is 0. The lowest BCUT2D eigenvalue weighted by atomic mass is 10.0. The van der Waals surface area contributed by atoms with Crippen LogP contribution in [-0.2, 0) is 0 Å². The van der Waals surface area contributed by atoms with E-state index in [0.29, 0.717) is 17.5 Å². The largest absolute Gasteiger partial charge is 0.337 e. The first kappa shape index (κ1) is 13.8. The zero-order valence-electron chi connectivity index (χ0n) is 10.6. The lowest BCUT2D eigenvalue weighted by molar-refractivity contribution is 0.0776. The summed E-state index contributed by atoms with van der Waals surface area (Å²) in [7, 11) is 0. The second-order valence-electron chi connectivity index (χ2n) is 5.03. The van der Waals surface area contributed by atoms with Gasteiger partial charge < -0.3 is 10.2 Å². The Morgan fingerprint density at radius 1 is 1.33 bits per heavy atom. The topological polar surface area (TPSA) is 45.2 Å². The molecule has 3 rings (SSSR count). The van der Waals surface area contributed by atoms with Crippen molar-refractivity contribution in [1.82, 2.24) is 15.2 Å². The third kappa shape index (κ3) is 2.27. The molecule has 1 aromatic rings. The summed E-state index contributed by atoms with van der Waals surface area (Å²) in [6, 6.07) is 0. The molecule has 0 aliphatic carbocycles. The highest BCUT2D eigenvalue weighted by atomic mass is 35.5. The lowest BCUT2D eigenvalue weighted by Crippen LogP contribution is -2.32. The number of nitrogens with one attached hydrogen (secondary N) is 1. The highest BCUT2D eigenvalue weighted by molar-refractivity contribution is 7.11. The van der Waals surface area contributed by atoms with E-state index in [1.165, 1.54) is 0 Å². The molecule has 2 aliphatic heterocycles. The van der Waals surface area contributed by atoms with Gasteiger partial charge in [0.1, 0.15) is 5.69 Å². The van der Waals surface area contributed by atoms with Crippen LogP contribution in [0.5, 0.6) is 0 Å². The molecule has 2 atom stereocenters. The molecule has 0 saturated carbocycles. The SMILES string of the molecule is Cc1nc(C(=O)N2C[C@H]3CNC[C@H]3C2)c(C)s1.Cl. The summed E-state index contributed by atoms with van der Waals surface area (Å²) in [5.74, 6) is 1.43. The first-order valence-electron chi connectivity index (χ1n) is 6.09. The summed E-state index contributed by atoms with van der Waals surface area (Å²) in [6.07, 6.45) is 0. The second-order valence-corrected chi connectivity index (χ2v) is 6.43. The van der Waals surface area contributed by atoms with Crippen molar-refractivity contribution < 1.29 is 4.79 Å². The Kier molecular flexibility index (Phi) is 3.94. The number of halogens is 1. The van der Waals surface area contributed by atoms with Gasteiger partial charge in [-0.05, 0) is 25.7 Å². The molecule has 0 aromatic carbocycles. The fraction of sp³-hybridized carbons (Fsp3) is 0.667. The Balaban J connectivity index is 0.00000120. The van der Waals surface area contributed by atoms with E-state index in [1.54, 1.807) is 11.3 Å². The number of thiazole rings is 1. The number of hydrogen-bond donors (Lipinski definition) is 1. The van der Waals surface area contributed by atoms with Gasteiger partial charge in [0.15, 0.2) is 0 Å². The molecule has 0 unspecified atom stereocenters. The average molecular weight is 288 g/mol. The normalized spacial score (nSPS) is 26.0. The maximum absolute atomic E-state index is 12.4. The highest BCUT2D eigenvalue weighted by Gasteiger charge is 2.39. The van der Waals surface area contributed by atoms with Crippen LogP contribution >= 0.6 is 23.7 Å². The van der Waals surface area contributed by atoms with Crippen LogP contribution in [0.1, 0.15) is 20.4 Å². The zero-order chi connectivity index (χ0) is 12.0. The van der Waals surface area contributed by atoms with Gasteiger partial charge >= 0.3 is 0 Å². The number of likely N-dealkylation sites (tertiary alicyclic amines) is 1. The third-order valence-electron chi connectivity index (χ3n) is 3.78. The zero-order valence-corrected chi connectivity index (χ0v) is 12.2. The molecule has 3 heterocycles. The van der Waals surface area contributed by atoms with Crippen LogP contribution in [0.25, 0.3) is 0 Å². The number of rotatable bonds is 1. The first-order valence-corrected chi connectivity index (χ1v) is 6.91. The van der Waals surface area contributed by atoms with Gasteiger partial charge in [-0.1, -0.05) is 0 Å². The summed E-state index contributed by atoms with van der Waals surface area (Å²) in [4.78, 5) is 19.8. The molecule has 4 nitrogen and oxygen atoms in total. The van der Waals surface area contributed by atoms with Crippen molar-refractivity contribution in [2.45, 2.75) is 13.8 Å². The Bertz CT molecular complexity index is 450. The van der Waals surface area contributed by atoms with Gasteiger partial charge in [0.2, 0.25) is 0 Å². The Hall–Kier alpha value is -0.650. The van der Waals surface area contributed by atoms with Crippen molar-refractivity contribution in [3.8, 4) is 0 Å². The minimum absolute atomic E-state index is 0. The van der Waals surface area contributed by atoms with Gasteiger partial charge in [0.05, 0.1) is 5.01 Å². The number of carbonyl (C=O) groups excluding carboxylic acids is 1. The molecular formula is C12H18ClN3OS. The van der Waals surface area contributed by atoms with Crippen LogP contribution in [0.4, 0.5) is 0 Å². The molecule has 1 N–H and O–H groups in total. The molecule has 0 bridgehead atoms. The van der Waals surface area contributed by atoms with Crippen molar-refractivity contribution in [2.75, 3.05) is 26.2 Å². The molecule has 100 valence electrons. The Morgan fingerprint density at radius 3 is 2.44 bits per heavy atom. The Morgan fingerprint density at radius 2 is 1.94 bits per heavy atom. The van der Waals surface area contributed by atoms with Gasteiger partial charge in [0, 0.05) is 31.1 Å². The molecule has 2 aliphatic rings. The van der Waals surface area contributed by atoms with Crippen LogP contribution in [0, 0.1) is 25.7 Å². The number of fused-ring (bicyclic) bond motifs is 1. The van der Waals surface area contributed by atoms with Crippen LogP contribution in [-0.4, -0.2) is 42.0 Å². The van der Waals surface area contributed by atoms with Gasteiger partial charge in [-0.25, -0.2) is 4.98 Å². The van der Waals surface area contributed by atoms with Gasteiger partial charge in [-0.2, -0.15) is 0 Å². The van der Waals surface area contributed by atoms with Gasteiger partial charge in [0.25, 0.3) is 5.91 Å². The van der Waals surface area contributed by atoms with Crippen molar-refractivity contribution in [2.24, 2.45) is 11.8 Å². The Labute approximate surface area is 117 Å². The van der Waals surface area contributed by atoms with Crippen molar-refractivity contribution in [3.63, 3.8) is 0 Å². The summed E-state index contributed by atoms with van der Waals surface area (Å²) in [5, 5.41) is 4.37. The molecule has 2 fully saturated rings. The summed E-state index contributed by atoms with van der Waals surface area (Å²) >= 11 is 1.61. The van der Waals surface area contributed by atoms with Gasteiger partial charge in [-0.3, -0.25) is 4.79 Å². The van der Waals surface area contributed by atoms with Crippen LogP contribution in [0.2, 0.25) is 0 Å². The van der Waals surface area contributed by atoms with E-state index >= 15 is 0 Å². The molecule has 18 heavy (non-hydrogen) atoms. The number of hydrogen-bond acceptors (Lipinski definition) is 4. The number of nitrogens with zero attached hydrogens (tertiary/aromatic N) is 2. The molecule has 2 saturated heterocycles. The maximum atomic E-state index is 12.4. The average Bonchev–Trinajstić information content (AvgIpc) is 2.90. The third-order valence-corrected chi connectivity index (χ3v) is 4.67. The molecule has 6 heteroatoms. The maximum Gasteiger partial charge on any atom is 0.273 e. The van der Waals surface area contributed by atoms with Crippen molar-refractivity contribution in [1.29, 1.82) is 0 Å². The molecule has 0 spiro atoms. The number of aromatic nitrogens is 1. The van der Waals surface area contributed by atoms with E-state index in [2.05, 4.69) is 10.3 Å². The van der Waals surface area contributed by atoms with E-state index in [4.69, 9.17) is 0 Å². The smallest absolute Gasteiger partial charge is 0.273 e. The van der Waals surface area contributed by atoms with Crippen LogP contribution < -0.4 is 5.32 Å². The number of aryl methyl sites for hydroxylation is 2. The number of carbonyl (C=O) groups is 1. The molecular weight excluding hydrogens is 270 g/mol. The molecule has 0 radical (unpaired) electrons. The predicted molar refractivity (Wildman–Crippen MR) is 74.6 cm³/mol. The van der Waals surface area contributed by atoms with Crippen molar-refractivity contribution >= 4 is 29.7 Å². The first-order chi connectivity index (χ1) is 8.15. The standard InChI is InChI=1S/C12H17N3OS.ClH/c1-7-11(14-8(2)17-7)12(16)15-5-9-3-13-4-10(9)6-15;/h9-10,13H,3-6H2,1-2H3;1H/t9-,10+;. The van der Waals surface area contributed by atoms with E-state index < -0.39 is 0 Å². The van der Waals surface area contributed by atoms with Crippen LogP contribution in [0.3, 0.4) is 0 Å². The van der Waals surface area contributed by atoms with Crippen LogP contribution in [0.15, 0.2) is 0 Å². The highest BCUT2D eigenvalue weighted by Crippen LogP contribution is 2.28. The van der Waals surface area contributed by atoms with Crippen molar-refractivity contribution in [3.05, 3.63) is 15.6 Å². The van der Waals surface area contributed by atoms with E-state index in [9.17, 15) is 4.79 Å². The summed E-state index contributed by atoms with van der Waals surface area (Å²) < 4.78 is 0. The number of amides is 1. The predicted octanol–water partition coefficient (Wildman–Crippen LogP) is 1.47. The van der Waals surface area contributed by atoms with Gasteiger partial charge in [-0.15, -0.1) is 23.7 Å². The fourth-order valence-corrected chi connectivity index (χ4v) is 3.71. The lowest BCUT2D eigenvalue weighted by Gasteiger charge is -2.16. The minimum Gasteiger partial charge on any atom is -0.337 e. The monoisotopic (exact) mass is 287 g/mol. The molecule has 1 amide bonds. The van der Waals surface area contributed by atoms with E-state index in [-0.39, 0.29) is 18.3 Å². The van der Waals surface area contributed by atoms with E-state index in [1.807, 2.05) is 18.7 Å². The second kappa shape index (κ2) is 5.15. The fourth-order valence-electron chi connectivity index (χ4n) is 2.90. The summed E-state index contributed by atoms with van der Waals surface area (Å²) in [5.41, 5.74) is 0.667. The quantitative estimate of drug-likeness (QED) is 0.851. The van der Waals surface area contributed by atoms with E-state index in [0.717, 1.165) is 36.1 Å². The molecule has 1 aromatic heterocycles. The summed E-state index contributed by atoms with van der Waals surface area (Å²) in [6.45, 7) is 7.85.